The van der Waals surface area contributed by atoms with E-state index in [1.807, 2.05) is 0 Å². The molecule has 3 aliphatic rings. The van der Waals surface area contributed by atoms with Crippen molar-refractivity contribution in [2.24, 2.45) is 17.3 Å². The third-order valence-electron chi connectivity index (χ3n) is 6.07. The van der Waals surface area contributed by atoms with E-state index in [9.17, 15) is 19.5 Å². The Labute approximate surface area is 142 Å². The van der Waals surface area contributed by atoms with Gasteiger partial charge in [-0.2, -0.15) is 0 Å². The molecule has 0 unspecified atom stereocenters. The van der Waals surface area contributed by atoms with E-state index in [0.29, 0.717) is 19.6 Å². The van der Waals surface area contributed by atoms with Gasteiger partial charge >= 0.3 is 5.97 Å². The summed E-state index contributed by atoms with van der Waals surface area (Å²) in [5.74, 6) is -0.405. The minimum atomic E-state index is -0.988. The predicted octanol–water partition coefficient (Wildman–Crippen LogP) is 0.110. The van der Waals surface area contributed by atoms with E-state index < -0.39 is 11.4 Å². The summed E-state index contributed by atoms with van der Waals surface area (Å²) in [6.07, 6.45) is 2.23. The summed E-state index contributed by atoms with van der Waals surface area (Å²) in [6.45, 7) is 7.28. The van der Waals surface area contributed by atoms with E-state index in [1.54, 1.807) is 9.80 Å². The zero-order valence-corrected chi connectivity index (χ0v) is 14.5. The van der Waals surface area contributed by atoms with E-state index in [-0.39, 0.29) is 30.8 Å². The van der Waals surface area contributed by atoms with E-state index in [1.165, 1.54) is 6.92 Å². The number of nitrogens with zero attached hydrogens (tertiary/aromatic N) is 3. The van der Waals surface area contributed by atoms with Gasteiger partial charge in [0.2, 0.25) is 11.8 Å². The summed E-state index contributed by atoms with van der Waals surface area (Å²) in [5, 5.41) is 9.74. The summed E-state index contributed by atoms with van der Waals surface area (Å²) in [4.78, 5) is 41.6. The molecule has 0 aromatic rings. The van der Waals surface area contributed by atoms with Crippen molar-refractivity contribution in [3.63, 3.8) is 0 Å². The van der Waals surface area contributed by atoms with Crippen LogP contribution in [0.3, 0.4) is 0 Å². The Morgan fingerprint density at radius 2 is 1.67 bits per heavy atom. The van der Waals surface area contributed by atoms with Gasteiger partial charge in [-0.25, -0.2) is 0 Å². The molecule has 2 amide bonds. The van der Waals surface area contributed by atoms with Crippen molar-refractivity contribution in [1.82, 2.24) is 14.7 Å². The highest BCUT2D eigenvalue weighted by atomic mass is 16.4. The van der Waals surface area contributed by atoms with Crippen molar-refractivity contribution < 1.29 is 19.5 Å². The normalized spacial score (nSPS) is 31.3. The number of amides is 2. The standard InChI is InChI=1S/C17H27N3O4/c1-12-3-5-18(6-4-12)9-15(22)20-8-14-7-19(13(2)21)10-17(14,11-20)16(23)24/h12,14H,3-11H2,1-2H3,(H,23,24)/t14-,17-/m0/s1. The minimum Gasteiger partial charge on any atom is -0.481 e. The maximum Gasteiger partial charge on any atom is 0.313 e. The summed E-state index contributed by atoms with van der Waals surface area (Å²) >= 11 is 0. The van der Waals surface area contributed by atoms with E-state index in [4.69, 9.17) is 0 Å². The molecule has 0 saturated carbocycles. The van der Waals surface area contributed by atoms with Crippen LogP contribution in [0, 0.1) is 17.3 Å². The molecule has 3 saturated heterocycles. The van der Waals surface area contributed by atoms with Crippen LogP contribution in [0.2, 0.25) is 0 Å². The number of hydrogen-bond acceptors (Lipinski definition) is 4. The topological polar surface area (TPSA) is 81.2 Å². The Balaban J connectivity index is 1.63. The number of likely N-dealkylation sites (tertiary alicyclic amines) is 3. The summed E-state index contributed by atoms with van der Waals surface area (Å²) in [6, 6.07) is 0. The lowest BCUT2D eigenvalue weighted by Crippen LogP contribution is -2.46. The summed E-state index contributed by atoms with van der Waals surface area (Å²) in [7, 11) is 0. The quantitative estimate of drug-likeness (QED) is 0.790. The fourth-order valence-electron chi connectivity index (χ4n) is 4.31. The molecule has 0 aromatic carbocycles. The summed E-state index contributed by atoms with van der Waals surface area (Å²) < 4.78 is 0. The van der Waals surface area contributed by atoms with Gasteiger partial charge in [0.25, 0.3) is 0 Å². The minimum absolute atomic E-state index is 0.0222. The van der Waals surface area contributed by atoms with Crippen LogP contribution < -0.4 is 0 Å². The Morgan fingerprint density at radius 3 is 2.21 bits per heavy atom. The first-order valence-electron chi connectivity index (χ1n) is 8.81. The second-order valence-electron chi connectivity index (χ2n) is 7.79. The number of carboxylic acids is 1. The molecule has 7 heteroatoms. The maximum absolute atomic E-state index is 12.6. The van der Waals surface area contributed by atoms with Crippen molar-refractivity contribution in [3.8, 4) is 0 Å². The zero-order chi connectivity index (χ0) is 17.5. The molecule has 3 rings (SSSR count). The van der Waals surface area contributed by atoms with Crippen LogP contribution in [0.5, 0.6) is 0 Å². The molecule has 7 nitrogen and oxygen atoms in total. The molecular formula is C17H27N3O4. The van der Waals surface area contributed by atoms with Gasteiger partial charge in [0, 0.05) is 39.0 Å². The highest BCUT2D eigenvalue weighted by molar-refractivity contribution is 5.84. The van der Waals surface area contributed by atoms with Crippen molar-refractivity contribution in [3.05, 3.63) is 0 Å². The van der Waals surface area contributed by atoms with Crippen molar-refractivity contribution in [2.75, 3.05) is 45.8 Å². The number of carbonyl (C=O) groups excluding carboxylic acids is 2. The van der Waals surface area contributed by atoms with E-state index >= 15 is 0 Å². The lowest BCUT2D eigenvalue weighted by molar-refractivity contribution is -0.149. The lowest BCUT2D eigenvalue weighted by atomic mass is 9.81. The number of piperidine rings is 1. The highest BCUT2D eigenvalue weighted by Crippen LogP contribution is 2.42. The smallest absolute Gasteiger partial charge is 0.313 e. The first-order valence-corrected chi connectivity index (χ1v) is 8.81. The Hall–Kier alpha value is -1.63. The molecule has 0 spiro atoms. The average Bonchev–Trinajstić information content (AvgIpc) is 3.05. The number of carboxylic acid groups (broad SMARTS) is 1. The van der Waals surface area contributed by atoms with E-state index in [0.717, 1.165) is 31.8 Å². The average molecular weight is 337 g/mol. The summed E-state index contributed by atoms with van der Waals surface area (Å²) in [5.41, 5.74) is -0.988. The van der Waals surface area contributed by atoms with Gasteiger partial charge in [0.15, 0.2) is 0 Å². The molecule has 3 fully saturated rings. The molecular weight excluding hydrogens is 310 g/mol. The van der Waals surface area contributed by atoms with Crippen molar-refractivity contribution in [1.29, 1.82) is 0 Å². The molecule has 0 bridgehead atoms. The Kier molecular flexibility index (Phi) is 4.55. The van der Waals surface area contributed by atoms with Gasteiger partial charge in [0.1, 0.15) is 5.41 Å². The SMILES string of the molecule is CC(=O)N1C[C@H]2CN(C(=O)CN3CCC(C)CC3)C[C@@]2(C(=O)O)C1. The number of rotatable bonds is 3. The van der Waals surface area contributed by atoms with Crippen LogP contribution in [0.4, 0.5) is 0 Å². The van der Waals surface area contributed by atoms with Crippen molar-refractivity contribution >= 4 is 17.8 Å². The second kappa shape index (κ2) is 6.35. The van der Waals surface area contributed by atoms with Crippen LogP contribution >= 0.6 is 0 Å². The molecule has 0 aliphatic carbocycles. The molecule has 24 heavy (non-hydrogen) atoms. The molecule has 3 heterocycles. The number of fused-ring (bicyclic) bond motifs is 1. The number of aliphatic carboxylic acids is 1. The molecule has 3 aliphatic heterocycles. The lowest BCUT2D eigenvalue weighted by Gasteiger charge is -2.31. The van der Waals surface area contributed by atoms with Gasteiger partial charge in [-0.1, -0.05) is 6.92 Å². The fraction of sp³-hybridized carbons (Fsp3) is 0.824. The van der Waals surface area contributed by atoms with Crippen LogP contribution in [-0.4, -0.2) is 83.4 Å². The number of carbonyl (C=O) groups is 3. The van der Waals surface area contributed by atoms with Crippen LogP contribution in [0.15, 0.2) is 0 Å². The molecule has 0 radical (unpaired) electrons. The molecule has 1 N–H and O–H groups in total. The van der Waals surface area contributed by atoms with Gasteiger partial charge in [0.05, 0.1) is 6.54 Å². The predicted molar refractivity (Wildman–Crippen MR) is 87.2 cm³/mol. The number of hydrogen-bond donors (Lipinski definition) is 1. The van der Waals surface area contributed by atoms with Crippen molar-refractivity contribution in [2.45, 2.75) is 26.7 Å². The van der Waals surface area contributed by atoms with Gasteiger partial charge in [-0.15, -0.1) is 0 Å². The molecule has 2 atom stereocenters. The second-order valence-corrected chi connectivity index (χ2v) is 7.79. The maximum atomic E-state index is 12.6. The monoisotopic (exact) mass is 337 g/mol. The first-order chi connectivity index (χ1) is 11.3. The van der Waals surface area contributed by atoms with Crippen LogP contribution in [-0.2, 0) is 14.4 Å². The van der Waals surface area contributed by atoms with Gasteiger partial charge < -0.3 is 14.9 Å². The first kappa shape index (κ1) is 17.2. The highest BCUT2D eigenvalue weighted by Gasteiger charge is 2.59. The molecule has 0 aromatic heterocycles. The fourth-order valence-corrected chi connectivity index (χ4v) is 4.31. The van der Waals surface area contributed by atoms with Gasteiger partial charge in [-0.05, 0) is 31.8 Å². The zero-order valence-electron chi connectivity index (χ0n) is 14.5. The molecule has 134 valence electrons. The van der Waals surface area contributed by atoms with Crippen LogP contribution in [0.1, 0.15) is 26.7 Å². The Morgan fingerprint density at radius 1 is 1.08 bits per heavy atom. The third kappa shape index (κ3) is 3.01. The van der Waals surface area contributed by atoms with Crippen LogP contribution in [0.25, 0.3) is 0 Å². The largest absolute Gasteiger partial charge is 0.481 e. The Bertz CT molecular complexity index is 544. The van der Waals surface area contributed by atoms with Gasteiger partial charge in [-0.3, -0.25) is 19.3 Å². The van der Waals surface area contributed by atoms with E-state index in [2.05, 4.69) is 11.8 Å². The third-order valence-corrected chi connectivity index (χ3v) is 6.07.